The average molecular weight is 321 g/mol. The molecule has 0 atom stereocenters. The van der Waals surface area contributed by atoms with E-state index in [9.17, 15) is 0 Å². The van der Waals surface area contributed by atoms with Crippen LogP contribution in [0, 0.1) is 0 Å². The summed E-state index contributed by atoms with van der Waals surface area (Å²) in [5, 5.41) is 2.62. The Morgan fingerprint density at radius 3 is 2.16 bits per heavy atom. The minimum Gasteiger partial charge on any atom is -0.309 e. The predicted molar refractivity (Wildman–Crippen MR) is 107 cm³/mol. The molecule has 0 N–H and O–H groups in total. The molecule has 5 aromatic rings. The van der Waals surface area contributed by atoms with E-state index in [-0.39, 0.29) is 0 Å². The van der Waals surface area contributed by atoms with E-state index in [1.165, 1.54) is 44.0 Å². The molecule has 120 valence electrons. The lowest BCUT2D eigenvalue weighted by molar-refractivity contribution is 1.14. The zero-order valence-electron chi connectivity index (χ0n) is 14.2. The van der Waals surface area contributed by atoms with Crippen molar-refractivity contribution in [2.45, 2.75) is 13.3 Å². The van der Waals surface area contributed by atoms with E-state index in [0.717, 1.165) is 6.42 Å². The van der Waals surface area contributed by atoms with Gasteiger partial charge in [0.2, 0.25) is 0 Å². The normalized spacial score (nSPS) is 11.6. The van der Waals surface area contributed by atoms with Gasteiger partial charge in [0.25, 0.3) is 0 Å². The number of aryl methyl sites for hydroxylation is 1. The minimum atomic E-state index is 1.01. The van der Waals surface area contributed by atoms with Gasteiger partial charge < -0.3 is 4.40 Å². The van der Waals surface area contributed by atoms with E-state index in [4.69, 9.17) is 0 Å². The number of para-hydroxylation sites is 2. The molecule has 5 rings (SSSR count). The van der Waals surface area contributed by atoms with Crippen molar-refractivity contribution in [2.75, 3.05) is 0 Å². The van der Waals surface area contributed by atoms with Gasteiger partial charge >= 0.3 is 0 Å². The molecule has 2 aromatic heterocycles. The maximum atomic E-state index is 2.43. The third kappa shape index (κ3) is 2.02. The van der Waals surface area contributed by atoms with E-state index < -0.39 is 0 Å². The molecule has 3 aromatic carbocycles. The summed E-state index contributed by atoms with van der Waals surface area (Å²) in [6, 6.07) is 30.6. The van der Waals surface area contributed by atoms with Crippen LogP contribution in [0.5, 0.6) is 0 Å². The van der Waals surface area contributed by atoms with Crippen molar-refractivity contribution < 1.29 is 0 Å². The van der Waals surface area contributed by atoms with Crippen molar-refractivity contribution in [3.63, 3.8) is 0 Å². The standard InChI is InChI=1S/C24H19N/c1-2-19-23-16-18-12-6-8-14-21(18)25(23)22-15-9-7-13-20(22)24(19)17-10-4-3-5-11-17/h3-16H,2H2,1H3. The largest absolute Gasteiger partial charge is 0.309 e. The molecule has 1 nitrogen and oxygen atoms in total. The van der Waals surface area contributed by atoms with Gasteiger partial charge in [0.1, 0.15) is 0 Å². The van der Waals surface area contributed by atoms with Gasteiger partial charge in [-0.05, 0) is 41.3 Å². The second-order valence-corrected chi connectivity index (χ2v) is 6.51. The second kappa shape index (κ2) is 5.49. The van der Waals surface area contributed by atoms with Crippen molar-refractivity contribution in [3.8, 4) is 11.1 Å². The van der Waals surface area contributed by atoms with Gasteiger partial charge in [-0.3, -0.25) is 0 Å². The van der Waals surface area contributed by atoms with E-state index in [0.29, 0.717) is 0 Å². The van der Waals surface area contributed by atoms with E-state index in [2.05, 4.69) is 96.3 Å². The molecule has 1 heteroatoms. The lowest BCUT2D eigenvalue weighted by Gasteiger charge is -2.16. The number of pyridine rings is 1. The van der Waals surface area contributed by atoms with Crippen molar-refractivity contribution in [2.24, 2.45) is 0 Å². The summed E-state index contributed by atoms with van der Waals surface area (Å²) >= 11 is 0. The van der Waals surface area contributed by atoms with Gasteiger partial charge in [0.05, 0.1) is 16.6 Å². The van der Waals surface area contributed by atoms with Gasteiger partial charge in [-0.15, -0.1) is 0 Å². The van der Waals surface area contributed by atoms with Crippen LogP contribution < -0.4 is 0 Å². The highest BCUT2D eigenvalue weighted by molar-refractivity contribution is 6.04. The summed E-state index contributed by atoms with van der Waals surface area (Å²) in [5.41, 5.74) is 7.96. The molecule has 0 fully saturated rings. The highest BCUT2D eigenvalue weighted by Gasteiger charge is 2.16. The molecule has 0 saturated heterocycles. The van der Waals surface area contributed by atoms with E-state index in [1.807, 2.05) is 0 Å². The zero-order valence-corrected chi connectivity index (χ0v) is 14.2. The molecular formula is C24H19N. The summed E-state index contributed by atoms with van der Waals surface area (Å²) in [5.74, 6) is 0. The maximum Gasteiger partial charge on any atom is 0.0540 e. The van der Waals surface area contributed by atoms with Crippen LogP contribution in [0.2, 0.25) is 0 Å². The summed E-state index contributed by atoms with van der Waals surface area (Å²) < 4.78 is 2.43. The van der Waals surface area contributed by atoms with Gasteiger partial charge in [0.15, 0.2) is 0 Å². The molecule has 0 amide bonds. The molecule has 0 aliphatic heterocycles. The molecule has 0 radical (unpaired) electrons. The quantitative estimate of drug-likeness (QED) is 0.351. The fraction of sp³-hybridized carbons (Fsp3) is 0.0833. The lowest BCUT2D eigenvalue weighted by Crippen LogP contribution is -1.98. The summed E-state index contributed by atoms with van der Waals surface area (Å²) in [6.07, 6.45) is 1.01. The van der Waals surface area contributed by atoms with Gasteiger partial charge in [-0.2, -0.15) is 0 Å². The van der Waals surface area contributed by atoms with Crippen LogP contribution >= 0.6 is 0 Å². The molecule has 25 heavy (non-hydrogen) atoms. The molecular weight excluding hydrogens is 302 g/mol. The third-order valence-corrected chi connectivity index (χ3v) is 5.15. The number of hydrogen-bond donors (Lipinski definition) is 0. The molecule has 0 bridgehead atoms. The van der Waals surface area contributed by atoms with Gasteiger partial charge in [-0.1, -0.05) is 73.7 Å². The van der Waals surface area contributed by atoms with Crippen LogP contribution in [-0.4, -0.2) is 4.40 Å². The minimum absolute atomic E-state index is 1.01. The van der Waals surface area contributed by atoms with Crippen LogP contribution in [0.1, 0.15) is 12.5 Å². The Bertz CT molecular complexity index is 1210. The molecule has 0 aliphatic rings. The maximum absolute atomic E-state index is 2.43. The molecule has 0 saturated carbocycles. The van der Waals surface area contributed by atoms with E-state index in [1.54, 1.807) is 0 Å². The number of rotatable bonds is 2. The Balaban J connectivity index is 2.08. The average Bonchev–Trinajstić information content (AvgIpc) is 3.07. The molecule has 0 unspecified atom stereocenters. The number of aromatic nitrogens is 1. The Morgan fingerprint density at radius 2 is 1.36 bits per heavy atom. The predicted octanol–water partition coefficient (Wildman–Crippen LogP) is 6.48. The van der Waals surface area contributed by atoms with Crippen LogP contribution in [0.4, 0.5) is 0 Å². The second-order valence-electron chi connectivity index (χ2n) is 6.51. The number of benzene rings is 3. The fourth-order valence-corrected chi connectivity index (χ4v) is 4.10. The SMILES string of the molecule is CCc1c(-c2ccccc2)c2ccccc2n2c1cc1ccccc12. The first-order valence-electron chi connectivity index (χ1n) is 8.87. The van der Waals surface area contributed by atoms with Crippen LogP contribution in [-0.2, 0) is 6.42 Å². The van der Waals surface area contributed by atoms with Crippen molar-refractivity contribution in [3.05, 3.63) is 90.5 Å². The van der Waals surface area contributed by atoms with Gasteiger partial charge in [0, 0.05) is 10.8 Å². The smallest absolute Gasteiger partial charge is 0.0540 e. The van der Waals surface area contributed by atoms with Crippen LogP contribution in [0.25, 0.3) is 38.4 Å². The fourth-order valence-electron chi connectivity index (χ4n) is 4.10. The van der Waals surface area contributed by atoms with Crippen molar-refractivity contribution in [1.29, 1.82) is 0 Å². The summed E-state index contributed by atoms with van der Waals surface area (Å²) in [4.78, 5) is 0. The van der Waals surface area contributed by atoms with Crippen LogP contribution in [0.15, 0.2) is 84.9 Å². The zero-order chi connectivity index (χ0) is 16.8. The Kier molecular flexibility index (Phi) is 3.14. The number of fused-ring (bicyclic) bond motifs is 5. The molecule has 0 aliphatic carbocycles. The number of nitrogens with zero attached hydrogens (tertiary/aromatic N) is 1. The summed E-state index contributed by atoms with van der Waals surface area (Å²) in [7, 11) is 0. The van der Waals surface area contributed by atoms with Crippen molar-refractivity contribution in [1.82, 2.24) is 4.40 Å². The first kappa shape index (κ1) is 14.3. The highest BCUT2D eigenvalue weighted by atomic mass is 14.9. The third-order valence-electron chi connectivity index (χ3n) is 5.15. The Labute approximate surface area is 147 Å². The Hall–Kier alpha value is -3.06. The van der Waals surface area contributed by atoms with Crippen molar-refractivity contribution >= 4 is 27.3 Å². The van der Waals surface area contributed by atoms with Crippen LogP contribution in [0.3, 0.4) is 0 Å². The topological polar surface area (TPSA) is 4.41 Å². The van der Waals surface area contributed by atoms with Gasteiger partial charge in [-0.25, -0.2) is 0 Å². The Morgan fingerprint density at radius 1 is 0.680 bits per heavy atom. The first-order chi connectivity index (χ1) is 12.4. The first-order valence-corrected chi connectivity index (χ1v) is 8.87. The van der Waals surface area contributed by atoms with E-state index >= 15 is 0 Å². The molecule has 0 spiro atoms. The molecule has 2 heterocycles. The lowest BCUT2D eigenvalue weighted by atomic mass is 9.93. The monoisotopic (exact) mass is 321 g/mol. The summed E-state index contributed by atoms with van der Waals surface area (Å²) in [6.45, 7) is 2.26. The number of hydrogen-bond acceptors (Lipinski definition) is 0. The highest BCUT2D eigenvalue weighted by Crippen LogP contribution is 2.38.